The molecule has 0 aliphatic rings. The zero-order chi connectivity index (χ0) is 14.5. The highest BCUT2D eigenvalue weighted by Gasteiger charge is 2.09. The molecule has 2 aromatic carbocycles. The monoisotopic (exact) mass is 275 g/mol. The zero-order valence-electron chi connectivity index (χ0n) is 11.6. The fourth-order valence-corrected chi connectivity index (χ4v) is 1.93. The molecule has 0 saturated carbocycles. The van der Waals surface area contributed by atoms with E-state index in [-0.39, 0.29) is 11.9 Å². The third-order valence-corrected chi connectivity index (χ3v) is 2.99. The molecule has 0 amide bonds. The molecule has 4 heteroatoms. The molecule has 0 bridgehead atoms. The van der Waals surface area contributed by atoms with E-state index in [9.17, 15) is 4.39 Å². The van der Waals surface area contributed by atoms with Gasteiger partial charge in [-0.25, -0.2) is 4.39 Å². The smallest absolute Gasteiger partial charge is 0.127 e. The van der Waals surface area contributed by atoms with Gasteiger partial charge in [0.15, 0.2) is 0 Å². The summed E-state index contributed by atoms with van der Waals surface area (Å²) < 4.78 is 24.2. The second kappa shape index (κ2) is 6.39. The number of benzene rings is 2. The van der Waals surface area contributed by atoms with Crippen molar-refractivity contribution in [2.45, 2.75) is 19.6 Å². The molecule has 0 aliphatic heterocycles. The predicted octanol–water partition coefficient (Wildman–Crippen LogP) is 3.43. The van der Waals surface area contributed by atoms with Crippen LogP contribution >= 0.6 is 0 Å². The van der Waals surface area contributed by atoms with Gasteiger partial charge in [0, 0.05) is 17.7 Å². The van der Waals surface area contributed by atoms with E-state index in [1.807, 2.05) is 31.2 Å². The van der Waals surface area contributed by atoms with Crippen LogP contribution in [0.5, 0.6) is 11.5 Å². The van der Waals surface area contributed by atoms with Gasteiger partial charge in [-0.05, 0) is 30.7 Å². The first-order valence-corrected chi connectivity index (χ1v) is 6.41. The minimum Gasteiger partial charge on any atom is -0.497 e. The fraction of sp³-hybridized carbons (Fsp3) is 0.250. The van der Waals surface area contributed by atoms with Crippen LogP contribution in [-0.4, -0.2) is 7.11 Å². The predicted molar refractivity (Wildman–Crippen MR) is 76.3 cm³/mol. The van der Waals surface area contributed by atoms with Crippen LogP contribution < -0.4 is 15.2 Å². The van der Waals surface area contributed by atoms with Crippen LogP contribution in [0.4, 0.5) is 4.39 Å². The van der Waals surface area contributed by atoms with E-state index in [0.29, 0.717) is 12.4 Å². The van der Waals surface area contributed by atoms with Crippen molar-refractivity contribution >= 4 is 0 Å². The van der Waals surface area contributed by atoms with Gasteiger partial charge in [-0.3, -0.25) is 0 Å². The lowest BCUT2D eigenvalue weighted by atomic mass is 10.1. The number of rotatable bonds is 5. The number of hydrogen-bond acceptors (Lipinski definition) is 3. The maximum atomic E-state index is 13.3. The molecule has 2 N–H and O–H groups in total. The zero-order valence-corrected chi connectivity index (χ0v) is 11.6. The number of halogens is 1. The molecule has 3 nitrogen and oxygen atoms in total. The lowest BCUT2D eigenvalue weighted by molar-refractivity contribution is 0.299. The van der Waals surface area contributed by atoms with Gasteiger partial charge in [0.2, 0.25) is 0 Å². The molecule has 0 spiro atoms. The summed E-state index contributed by atoms with van der Waals surface area (Å²) in [5.74, 6) is 0.899. The first-order chi connectivity index (χ1) is 9.60. The Morgan fingerprint density at radius 2 is 2.00 bits per heavy atom. The van der Waals surface area contributed by atoms with Crippen molar-refractivity contribution in [3.63, 3.8) is 0 Å². The Morgan fingerprint density at radius 3 is 2.70 bits per heavy atom. The van der Waals surface area contributed by atoms with Gasteiger partial charge in [-0.2, -0.15) is 0 Å². The summed E-state index contributed by atoms with van der Waals surface area (Å²) in [6.45, 7) is 2.17. The lowest BCUT2D eigenvalue weighted by Crippen LogP contribution is -2.08. The number of hydrogen-bond donors (Lipinski definition) is 1. The summed E-state index contributed by atoms with van der Waals surface area (Å²) in [5.41, 5.74) is 7.59. The highest BCUT2D eigenvalue weighted by atomic mass is 19.1. The fourth-order valence-electron chi connectivity index (χ4n) is 1.93. The Bertz CT molecular complexity index is 584. The van der Waals surface area contributed by atoms with Crippen LogP contribution in [0.15, 0.2) is 42.5 Å². The molecular weight excluding hydrogens is 257 g/mol. The minimum absolute atomic E-state index is 0.212. The Kier molecular flexibility index (Phi) is 4.58. The Balaban J connectivity index is 2.15. The van der Waals surface area contributed by atoms with Crippen LogP contribution in [0.1, 0.15) is 24.1 Å². The Hall–Kier alpha value is -2.07. The molecular formula is C16H18FNO2. The average Bonchev–Trinajstić information content (AvgIpc) is 2.45. The molecule has 0 unspecified atom stereocenters. The first-order valence-electron chi connectivity index (χ1n) is 6.41. The SMILES string of the molecule is COc1cccc(COc2cc(F)ccc2[C@@H](C)N)c1. The maximum Gasteiger partial charge on any atom is 0.127 e. The van der Waals surface area contributed by atoms with Crippen LogP contribution in [0.3, 0.4) is 0 Å². The summed E-state index contributed by atoms with van der Waals surface area (Å²) in [6, 6.07) is 11.7. The highest BCUT2D eigenvalue weighted by molar-refractivity contribution is 5.36. The normalized spacial score (nSPS) is 12.0. The second-order valence-electron chi connectivity index (χ2n) is 4.61. The van der Waals surface area contributed by atoms with E-state index in [0.717, 1.165) is 16.9 Å². The Morgan fingerprint density at radius 1 is 1.20 bits per heavy atom. The van der Waals surface area contributed by atoms with Crippen LogP contribution in [0.25, 0.3) is 0 Å². The van der Waals surface area contributed by atoms with Crippen molar-refractivity contribution in [3.8, 4) is 11.5 Å². The third kappa shape index (κ3) is 3.48. The molecule has 2 aromatic rings. The molecule has 2 rings (SSSR count). The molecule has 106 valence electrons. The molecule has 20 heavy (non-hydrogen) atoms. The van der Waals surface area contributed by atoms with Crippen molar-refractivity contribution in [1.82, 2.24) is 0 Å². The van der Waals surface area contributed by atoms with E-state index in [1.54, 1.807) is 13.2 Å². The molecule has 0 aromatic heterocycles. The van der Waals surface area contributed by atoms with E-state index in [1.165, 1.54) is 12.1 Å². The van der Waals surface area contributed by atoms with Crippen molar-refractivity contribution in [3.05, 3.63) is 59.4 Å². The summed E-state index contributed by atoms with van der Waals surface area (Å²) in [5, 5.41) is 0. The van der Waals surface area contributed by atoms with Crippen molar-refractivity contribution < 1.29 is 13.9 Å². The number of methoxy groups -OCH3 is 1. The maximum absolute atomic E-state index is 13.3. The van der Waals surface area contributed by atoms with E-state index < -0.39 is 0 Å². The van der Waals surface area contributed by atoms with Gasteiger partial charge >= 0.3 is 0 Å². The largest absolute Gasteiger partial charge is 0.497 e. The van der Waals surface area contributed by atoms with Crippen molar-refractivity contribution in [1.29, 1.82) is 0 Å². The van der Waals surface area contributed by atoms with E-state index in [4.69, 9.17) is 15.2 Å². The first kappa shape index (κ1) is 14.3. The molecule has 0 saturated heterocycles. The lowest BCUT2D eigenvalue weighted by Gasteiger charge is -2.14. The highest BCUT2D eigenvalue weighted by Crippen LogP contribution is 2.26. The molecule has 0 radical (unpaired) electrons. The van der Waals surface area contributed by atoms with Gasteiger partial charge in [0.05, 0.1) is 7.11 Å². The van der Waals surface area contributed by atoms with Crippen LogP contribution in [0.2, 0.25) is 0 Å². The topological polar surface area (TPSA) is 44.5 Å². The van der Waals surface area contributed by atoms with Gasteiger partial charge in [0.25, 0.3) is 0 Å². The van der Waals surface area contributed by atoms with Gasteiger partial charge in [-0.1, -0.05) is 18.2 Å². The van der Waals surface area contributed by atoms with E-state index >= 15 is 0 Å². The number of nitrogens with two attached hydrogens (primary N) is 1. The second-order valence-corrected chi connectivity index (χ2v) is 4.61. The molecule has 0 aliphatic carbocycles. The third-order valence-electron chi connectivity index (χ3n) is 2.99. The summed E-state index contributed by atoms with van der Waals surface area (Å²) in [7, 11) is 1.61. The van der Waals surface area contributed by atoms with Crippen LogP contribution in [-0.2, 0) is 6.61 Å². The quantitative estimate of drug-likeness (QED) is 0.909. The molecule has 0 heterocycles. The standard InChI is InChI=1S/C16H18FNO2/c1-11(18)15-7-6-13(17)9-16(15)20-10-12-4-3-5-14(8-12)19-2/h3-9,11H,10,18H2,1-2H3/t11-/m1/s1. The summed E-state index contributed by atoms with van der Waals surface area (Å²) in [6.07, 6.45) is 0. The van der Waals surface area contributed by atoms with Crippen molar-refractivity contribution in [2.24, 2.45) is 5.73 Å². The van der Waals surface area contributed by atoms with Crippen LogP contribution in [0, 0.1) is 5.82 Å². The summed E-state index contributed by atoms with van der Waals surface area (Å²) >= 11 is 0. The van der Waals surface area contributed by atoms with E-state index in [2.05, 4.69) is 0 Å². The van der Waals surface area contributed by atoms with Gasteiger partial charge in [-0.15, -0.1) is 0 Å². The van der Waals surface area contributed by atoms with Crippen molar-refractivity contribution in [2.75, 3.05) is 7.11 Å². The minimum atomic E-state index is -0.338. The van der Waals surface area contributed by atoms with Gasteiger partial charge < -0.3 is 15.2 Å². The summed E-state index contributed by atoms with van der Waals surface area (Å²) in [4.78, 5) is 0. The Labute approximate surface area is 118 Å². The number of ether oxygens (including phenoxy) is 2. The molecule has 0 fully saturated rings. The van der Waals surface area contributed by atoms with Gasteiger partial charge in [0.1, 0.15) is 23.9 Å². The average molecular weight is 275 g/mol. The molecule has 1 atom stereocenters.